The van der Waals surface area contributed by atoms with Crippen LogP contribution in [0.1, 0.15) is 46.2 Å². The van der Waals surface area contributed by atoms with Crippen molar-refractivity contribution in [1.29, 1.82) is 0 Å². The van der Waals surface area contributed by atoms with Crippen LogP contribution in [0.4, 0.5) is 0 Å². The third-order valence-electron chi connectivity index (χ3n) is 12.1. The van der Waals surface area contributed by atoms with Gasteiger partial charge in [0.15, 0.2) is 11.6 Å². The van der Waals surface area contributed by atoms with E-state index in [1.807, 2.05) is 158 Å². The summed E-state index contributed by atoms with van der Waals surface area (Å²) in [6.07, 6.45) is 0.507. The highest BCUT2D eigenvalue weighted by Crippen LogP contribution is 2.56. The number of ether oxygens (including phenoxy) is 2. The summed E-state index contributed by atoms with van der Waals surface area (Å²) in [4.78, 5) is 30.3. The van der Waals surface area contributed by atoms with Crippen molar-refractivity contribution in [3.63, 3.8) is 0 Å². The number of ketones is 2. The van der Waals surface area contributed by atoms with E-state index in [4.69, 9.17) is 9.47 Å². The number of hydrogen-bond donors (Lipinski definition) is 0. The van der Waals surface area contributed by atoms with Crippen molar-refractivity contribution in [1.82, 2.24) is 0 Å². The molecule has 0 radical (unpaired) electrons. The summed E-state index contributed by atoms with van der Waals surface area (Å²) in [5.41, 5.74) is 12.1. The minimum Gasteiger partial charge on any atom is -0.381 e. The number of allylic oxidation sites excluding steroid dienone is 6. The van der Waals surface area contributed by atoms with Gasteiger partial charge in [-0.2, -0.15) is 0 Å². The minimum absolute atomic E-state index is 0.00876. The number of Topliss-reactive ketones (excluding diaryl/α,β-unsaturated/α-hetero) is 2. The van der Waals surface area contributed by atoms with Crippen LogP contribution in [-0.4, -0.2) is 38.0 Å². The second kappa shape index (κ2) is 16.2. The van der Waals surface area contributed by atoms with E-state index >= 15 is 9.59 Å². The Balaban J connectivity index is 1.26. The van der Waals surface area contributed by atoms with Crippen LogP contribution in [0, 0.1) is 11.8 Å². The zero-order valence-corrected chi connectivity index (χ0v) is 32.7. The molecule has 0 bridgehead atoms. The van der Waals surface area contributed by atoms with Crippen LogP contribution < -0.4 is 0 Å². The van der Waals surface area contributed by atoms with Gasteiger partial charge in [0.1, 0.15) is 0 Å². The average molecular weight is 757 g/mol. The van der Waals surface area contributed by atoms with E-state index in [9.17, 15) is 0 Å². The molecule has 6 aromatic carbocycles. The fourth-order valence-electron chi connectivity index (χ4n) is 9.60. The van der Waals surface area contributed by atoms with Crippen molar-refractivity contribution in [3.05, 3.63) is 227 Å². The lowest BCUT2D eigenvalue weighted by Gasteiger charge is -2.43. The predicted molar refractivity (Wildman–Crippen MR) is 234 cm³/mol. The molecule has 0 heterocycles. The third kappa shape index (κ3) is 6.55. The van der Waals surface area contributed by atoms with Crippen molar-refractivity contribution in [2.75, 3.05) is 14.2 Å². The molecule has 4 atom stereocenters. The Bertz CT molecular complexity index is 2400. The second-order valence-corrected chi connectivity index (χ2v) is 15.2. The molecule has 4 unspecified atom stereocenters. The lowest BCUT2D eigenvalue weighted by molar-refractivity contribution is -0.109. The highest BCUT2D eigenvalue weighted by atomic mass is 16.5. The molecule has 0 spiro atoms. The Morgan fingerprint density at radius 3 is 0.793 bits per heavy atom. The van der Waals surface area contributed by atoms with Gasteiger partial charge in [-0.3, -0.25) is 9.59 Å². The van der Waals surface area contributed by atoms with Gasteiger partial charge in [0.25, 0.3) is 0 Å². The zero-order valence-electron chi connectivity index (χ0n) is 32.7. The third-order valence-corrected chi connectivity index (χ3v) is 12.1. The summed E-state index contributed by atoms with van der Waals surface area (Å²) >= 11 is 0. The van der Waals surface area contributed by atoms with Crippen molar-refractivity contribution in [3.8, 4) is 0 Å². The fraction of sp³-hybridized carbons (Fsp3) is 0.148. The second-order valence-electron chi connectivity index (χ2n) is 15.2. The van der Waals surface area contributed by atoms with Crippen LogP contribution in [0.2, 0.25) is 0 Å². The number of hydrogen-bond acceptors (Lipinski definition) is 4. The van der Waals surface area contributed by atoms with Crippen molar-refractivity contribution in [2.24, 2.45) is 11.8 Å². The van der Waals surface area contributed by atoms with Crippen molar-refractivity contribution < 1.29 is 19.1 Å². The van der Waals surface area contributed by atoms with E-state index in [1.54, 1.807) is 14.2 Å². The maximum absolute atomic E-state index is 15.1. The summed E-state index contributed by atoms with van der Waals surface area (Å²) in [6, 6.07) is 60.7. The molecule has 0 aliphatic heterocycles. The summed E-state index contributed by atoms with van der Waals surface area (Å²) in [5, 5.41) is 0. The average Bonchev–Trinajstić information content (AvgIpc) is 3.78. The van der Waals surface area contributed by atoms with E-state index in [0.717, 1.165) is 55.7 Å². The van der Waals surface area contributed by atoms with Gasteiger partial charge >= 0.3 is 0 Å². The molecule has 0 aromatic heterocycles. The quantitative estimate of drug-likeness (QED) is 0.140. The van der Waals surface area contributed by atoms with Crippen LogP contribution in [0.15, 0.2) is 193 Å². The Morgan fingerprint density at radius 2 is 0.552 bits per heavy atom. The Kier molecular flexibility index (Phi) is 10.4. The van der Waals surface area contributed by atoms with Gasteiger partial charge in [-0.05, 0) is 68.5 Å². The van der Waals surface area contributed by atoms with E-state index < -0.39 is 0 Å². The monoisotopic (exact) mass is 756 g/mol. The number of benzene rings is 6. The highest BCUT2D eigenvalue weighted by molar-refractivity contribution is 6.53. The molecule has 4 nitrogen and oxygen atoms in total. The molecular formula is C54H44O4. The largest absolute Gasteiger partial charge is 0.381 e. The molecule has 6 aromatic rings. The molecule has 1 fully saturated rings. The number of carbonyl (C=O) groups excluding carboxylic acids is 2. The molecule has 3 aliphatic rings. The van der Waals surface area contributed by atoms with Crippen LogP contribution in [0.3, 0.4) is 0 Å². The SMILES string of the molecule is COC1CC(C2=C(c3ccccc3)C(=O)C(c3ccccc3)=C2c2ccccc2)C(OC)CC1C1=C(c2ccccc2)C(=O)C(c2ccccc2)=C1c1ccccc1. The normalized spacial score (nSPS) is 21.1. The smallest absolute Gasteiger partial charge is 0.195 e. The minimum atomic E-state index is -0.316. The highest BCUT2D eigenvalue weighted by Gasteiger charge is 2.49. The molecule has 0 saturated heterocycles. The summed E-state index contributed by atoms with van der Waals surface area (Å²) in [6.45, 7) is 0. The van der Waals surface area contributed by atoms with Gasteiger partial charge < -0.3 is 9.47 Å². The topological polar surface area (TPSA) is 52.6 Å². The molecule has 58 heavy (non-hydrogen) atoms. The first-order valence-electron chi connectivity index (χ1n) is 20.0. The number of methoxy groups -OCH3 is 2. The molecule has 0 amide bonds. The van der Waals surface area contributed by atoms with Crippen LogP contribution >= 0.6 is 0 Å². The van der Waals surface area contributed by atoms with Crippen LogP contribution in [0.25, 0.3) is 33.4 Å². The number of rotatable bonds is 10. The molecule has 3 aliphatic carbocycles. The van der Waals surface area contributed by atoms with Gasteiger partial charge in [-0.25, -0.2) is 0 Å². The fourth-order valence-corrected chi connectivity index (χ4v) is 9.60. The summed E-state index contributed by atoms with van der Waals surface area (Å²) < 4.78 is 13.2. The van der Waals surface area contributed by atoms with Crippen molar-refractivity contribution >= 4 is 45.0 Å². The lowest BCUT2D eigenvalue weighted by atomic mass is 9.67. The standard InChI is InChI=1S/C54H44O4/c1-57-43-33-42(52-46(36-23-11-4-12-24-36)48(38-27-15-6-16-28-38)54(56)50(52)40-31-19-8-20-32-40)44(58-2)34-41(43)51-45(35-21-9-3-10-22-35)47(37-25-13-5-14-26-37)53(55)49(51)39-29-17-7-18-30-39/h3-32,41-44H,33-34H2,1-2H3. The molecule has 0 N–H and O–H groups in total. The maximum Gasteiger partial charge on any atom is 0.195 e. The van der Waals surface area contributed by atoms with Crippen molar-refractivity contribution in [2.45, 2.75) is 25.0 Å². The summed E-state index contributed by atoms with van der Waals surface area (Å²) in [5.74, 6) is -0.404. The van der Waals surface area contributed by atoms with E-state index in [2.05, 4.69) is 24.3 Å². The van der Waals surface area contributed by atoms with Gasteiger partial charge in [-0.15, -0.1) is 0 Å². The first kappa shape index (κ1) is 37.1. The lowest BCUT2D eigenvalue weighted by Crippen LogP contribution is -2.42. The predicted octanol–water partition coefficient (Wildman–Crippen LogP) is 11.3. The number of carbonyl (C=O) groups is 2. The van der Waals surface area contributed by atoms with Crippen LogP contribution in [-0.2, 0) is 19.1 Å². The Morgan fingerprint density at radius 1 is 0.328 bits per heavy atom. The zero-order chi connectivity index (χ0) is 39.6. The molecule has 4 heteroatoms. The van der Waals surface area contributed by atoms with E-state index in [-0.39, 0.29) is 35.6 Å². The Hall–Kier alpha value is -6.46. The van der Waals surface area contributed by atoms with Gasteiger partial charge in [-0.1, -0.05) is 182 Å². The molecular weight excluding hydrogens is 713 g/mol. The maximum atomic E-state index is 15.1. The first-order valence-corrected chi connectivity index (χ1v) is 20.0. The molecule has 284 valence electrons. The van der Waals surface area contributed by atoms with Gasteiger partial charge in [0.05, 0.1) is 12.2 Å². The molecule has 9 rings (SSSR count). The van der Waals surface area contributed by atoms with Gasteiger partial charge in [0.2, 0.25) is 0 Å². The van der Waals surface area contributed by atoms with Crippen LogP contribution in [0.5, 0.6) is 0 Å². The summed E-state index contributed by atoms with van der Waals surface area (Å²) in [7, 11) is 3.56. The van der Waals surface area contributed by atoms with Gasteiger partial charge in [0, 0.05) is 48.3 Å². The van der Waals surface area contributed by atoms with E-state index in [0.29, 0.717) is 35.1 Å². The Labute approximate surface area is 340 Å². The van der Waals surface area contributed by atoms with E-state index in [1.165, 1.54) is 0 Å². The first-order chi connectivity index (χ1) is 28.6. The molecule has 1 saturated carbocycles.